The van der Waals surface area contributed by atoms with E-state index in [1.54, 1.807) is 4.90 Å². The van der Waals surface area contributed by atoms with E-state index in [9.17, 15) is 9.59 Å². The molecule has 0 aliphatic carbocycles. The smallest absolute Gasteiger partial charge is 0.410 e. The molecule has 1 heterocycles. The highest BCUT2D eigenvalue weighted by Gasteiger charge is 2.25. The van der Waals surface area contributed by atoms with Gasteiger partial charge < -0.3 is 24.8 Å². The SMILES string of the molecule is CC1Oc2ccc(CN(Cc3ccc(CNC(=O)OC(C)(C)C)cc3)C(=O)OC(C)(C)C)cc2NC1=S. The summed E-state index contributed by atoms with van der Waals surface area (Å²) in [6, 6.07) is 13.5. The van der Waals surface area contributed by atoms with Gasteiger partial charge in [-0.25, -0.2) is 9.59 Å². The Labute approximate surface area is 224 Å². The van der Waals surface area contributed by atoms with E-state index in [4.69, 9.17) is 26.4 Å². The molecule has 0 bridgehead atoms. The maximum Gasteiger partial charge on any atom is 0.410 e. The topological polar surface area (TPSA) is 89.1 Å². The number of ether oxygens (including phenoxy) is 3. The standard InChI is InChI=1S/C28H37N3O5S/c1-18-24(37)30-22-14-21(12-13-23(22)34-18)17-31(26(33)36-28(5,6)7)16-20-10-8-19(9-11-20)15-29-25(32)35-27(2,3)4/h8-14,18H,15-17H2,1-7H3,(H,29,32)(H,30,37). The average Bonchev–Trinajstić information content (AvgIpc) is 2.77. The lowest BCUT2D eigenvalue weighted by molar-refractivity contribution is 0.0216. The highest BCUT2D eigenvalue weighted by Crippen LogP contribution is 2.31. The molecule has 0 radical (unpaired) electrons. The quantitative estimate of drug-likeness (QED) is 0.434. The van der Waals surface area contributed by atoms with E-state index in [0.29, 0.717) is 24.6 Å². The fourth-order valence-electron chi connectivity index (χ4n) is 3.56. The highest BCUT2D eigenvalue weighted by atomic mass is 32.1. The van der Waals surface area contributed by atoms with Gasteiger partial charge in [0.05, 0.1) is 5.69 Å². The maximum absolute atomic E-state index is 13.1. The van der Waals surface area contributed by atoms with E-state index >= 15 is 0 Å². The van der Waals surface area contributed by atoms with Gasteiger partial charge in [0.25, 0.3) is 0 Å². The van der Waals surface area contributed by atoms with Gasteiger partial charge in [-0.3, -0.25) is 4.90 Å². The number of fused-ring (bicyclic) bond motifs is 1. The fourth-order valence-corrected chi connectivity index (χ4v) is 3.72. The molecule has 2 aromatic carbocycles. The summed E-state index contributed by atoms with van der Waals surface area (Å²) in [5.41, 5.74) is 2.37. The number of benzene rings is 2. The Hall–Kier alpha value is -3.33. The van der Waals surface area contributed by atoms with Crippen LogP contribution in [0.4, 0.5) is 15.3 Å². The zero-order valence-corrected chi connectivity index (χ0v) is 23.5. The van der Waals surface area contributed by atoms with E-state index < -0.39 is 23.4 Å². The molecule has 2 aromatic rings. The van der Waals surface area contributed by atoms with Crippen LogP contribution in [0.1, 0.15) is 65.2 Å². The Morgan fingerprint density at radius 2 is 1.51 bits per heavy atom. The van der Waals surface area contributed by atoms with Crippen LogP contribution in [-0.2, 0) is 29.1 Å². The van der Waals surface area contributed by atoms with E-state index in [1.165, 1.54) is 0 Å². The van der Waals surface area contributed by atoms with Crippen molar-refractivity contribution in [2.75, 3.05) is 5.32 Å². The number of amides is 2. The van der Waals surface area contributed by atoms with Gasteiger partial charge in [-0.1, -0.05) is 42.5 Å². The normalized spacial score (nSPS) is 15.1. The van der Waals surface area contributed by atoms with Gasteiger partial charge in [0.15, 0.2) is 0 Å². The van der Waals surface area contributed by atoms with Crippen LogP contribution in [0, 0.1) is 0 Å². The van der Waals surface area contributed by atoms with Crippen LogP contribution in [0.15, 0.2) is 42.5 Å². The number of carbonyl (C=O) groups excluding carboxylic acids is 2. The van der Waals surface area contributed by atoms with Crippen molar-refractivity contribution in [3.8, 4) is 5.75 Å². The van der Waals surface area contributed by atoms with Crippen molar-refractivity contribution in [2.24, 2.45) is 0 Å². The van der Waals surface area contributed by atoms with Gasteiger partial charge in [-0.05, 0) is 77.3 Å². The van der Waals surface area contributed by atoms with Crippen LogP contribution in [-0.4, -0.2) is 39.4 Å². The number of nitrogens with zero attached hydrogens (tertiary/aromatic N) is 1. The first-order chi connectivity index (χ1) is 17.2. The number of alkyl carbamates (subject to hydrolysis) is 1. The summed E-state index contributed by atoms with van der Waals surface area (Å²) in [5, 5.41) is 5.96. The van der Waals surface area contributed by atoms with E-state index in [-0.39, 0.29) is 6.10 Å². The third-order valence-corrected chi connectivity index (χ3v) is 5.67. The molecule has 200 valence electrons. The minimum Gasteiger partial charge on any atom is -0.481 e. The van der Waals surface area contributed by atoms with Crippen molar-refractivity contribution in [1.82, 2.24) is 10.2 Å². The molecular formula is C28H37N3O5S. The lowest BCUT2D eigenvalue weighted by atomic mass is 10.1. The average molecular weight is 528 g/mol. The number of hydrogen-bond donors (Lipinski definition) is 2. The molecular weight excluding hydrogens is 490 g/mol. The summed E-state index contributed by atoms with van der Waals surface area (Å²) >= 11 is 5.34. The molecule has 2 amide bonds. The van der Waals surface area contributed by atoms with Gasteiger partial charge in [0.2, 0.25) is 0 Å². The summed E-state index contributed by atoms with van der Waals surface area (Å²) in [5.74, 6) is 0.726. The fraction of sp³-hybridized carbons (Fsp3) is 0.464. The summed E-state index contributed by atoms with van der Waals surface area (Å²) in [7, 11) is 0. The Kier molecular flexibility index (Phi) is 8.68. The number of hydrogen-bond acceptors (Lipinski definition) is 6. The van der Waals surface area contributed by atoms with Crippen LogP contribution in [0.3, 0.4) is 0 Å². The molecule has 1 unspecified atom stereocenters. The summed E-state index contributed by atoms with van der Waals surface area (Å²) < 4.78 is 16.8. The maximum atomic E-state index is 13.1. The number of nitrogens with one attached hydrogen (secondary N) is 2. The zero-order valence-electron chi connectivity index (χ0n) is 22.6. The summed E-state index contributed by atoms with van der Waals surface area (Å²) in [4.78, 5) is 27.3. The molecule has 9 heteroatoms. The van der Waals surface area contributed by atoms with Crippen LogP contribution in [0.2, 0.25) is 0 Å². The van der Waals surface area contributed by atoms with Crippen molar-refractivity contribution in [1.29, 1.82) is 0 Å². The van der Waals surface area contributed by atoms with Crippen LogP contribution in [0.5, 0.6) is 5.75 Å². The van der Waals surface area contributed by atoms with E-state index in [2.05, 4.69) is 10.6 Å². The predicted octanol–water partition coefficient (Wildman–Crippen LogP) is 6.17. The number of rotatable bonds is 6. The van der Waals surface area contributed by atoms with Crippen molar-refractivity contribution < 1.29 is 23.8 Å². The largest absolute Gasteiger partial charge is 0.481 e. The van der Waals surface area contributed by atoms with Crippen LogP contribution >= 0.6 is 12.2 Å². The Morgan fingerprint density at radius 3 is 2.14 bits per heavy atom. The van der Waals surface area contributed by atoms with Crippen LogP contribution < -0.4 is 15.4 Å². The number of thiocarbonyl (C=S) groups is 1. The monoisotopic (exact) mass is 527 g/mol. The van der Waals surface area contributed by atoms with Gasteiger partial charge in [0, 0.05) is 19.6 Å². The second-order valence-corrected chi connectivity index (χ2v) is 11.5. The van der Waals surface area contributed by atoms with Crippen molar-refractivity contribution in [2.45, 2.75) is 85.4 Å². The molecule has 3 rings (SSSR count). The first kappa shape index (κ1) is 28.2. The second kappa shape index (κ2) is 11.4. The Morgan fingerprint density at radius 1 is 0.946 bits per heavy atom. The molecule has 1 aliphatic heterocycles. The molecule has 0 aromatic heterocycles. The van der Waals surface area contributed by atoms with Gasteiger partial charge in [0.1, 0.15) is 28.0 Å². The second-order valence-electron chi connectivity index (χ2n) is 11.1. The third kappa shape index (κ3) is 8.93. The molecule has 1 aliphatic rings. The number of carbonyl (C=O) groups is 2. The Bertz CT molecular complexity index is 1140. The van der Waals surface area contributed by atoms with Crippen molar-refractivity contribution in [3.63, 3.8) is 0 Å². The summed E-state index contributed by atoms with van der Waals surface area (Å²) in [6.07, 6.45) is -1.06. The molecule has 2 N–H and O–H groups in total. The van der Waals surface area contributed by atoms with Gasteiger partial charge in [-0.2, -0.15) is 0 Å². The van der Waals surface area contributed by atoms with Crippen molar-refractivity contribution >= 4 is 35.1 Å². The minimum atomic E-state index is -0.625. The zero-order chi connectivity index (χ0) is 27.4. The molecule has 1 atom stereocenters. The first-order valence-electron chi connectivity index (χ1n) is 12.3. The lowest BCUT2D eigenvalue weighted by Crippen LogP contribution is -2.36. The van der Waals surface area contributed by atoms with E-state index in [1.807, 2.05) is 90.9 Å². The Balaban J connectivity index is 1.71. The number of anilines is 1. The molecule has 0 spiro atoms. The molecule has 0 fully saturated rings. The lowest BCUT2D eigenvalue weighted by Gasteiger charge is -2.29. The van der Waals surface area contributed by atoms with Gasteiger partial charge >= 0.3 is 12.2 Å². The van der Waals surface area contributed by atoms with Crippen molar-refractivity contribution in [3.05, 3.63) is 59.2 Å². The van der Waals surface area contributed by atoms with Crippen LogP contribution in [0.25, 0.3) is 0 Å². The third-order valence-electron chi connectivity index (χ3n) is 5.23. The van der Waals surface area contributed by atoms with E-state index in [0.717, 1.165) is 28.1 Å². The minimum absolute atomic E-state index is 0.186. The highest BCUT2D eigenvalue weighted by molar-refractivity contribution is 7.80. The summed E-state index contributed by atoms with van der Waals surface area (Å²) in [6.45, 7) is 13.9. The molecule has 0 saturated carbocycles. The molecule has 8 nitrogen and oxygen atoms in total. The predicted molar refractivity (Wildman–Crippen MR) is 148 cm³/mol. The molecule has 37 heavy (non-hydrogen) atoms. The molecule has 0 saturated heterocycles. The first-order valence-corrected chi connectivity index (χ1v) is 12.7. The van der Waals surface area contributed by atoms with Gasteiger partial charge in [-0.15, -0.1) is 0 Å².